The Bertz CT molecular complexity index is 470. The average Bonchev–Trinajstić information content (AvgIpc) is 2.93. The van der Waals surface area contributed by atoms with Crippen LogP contribution in [0.1, 0.15) is 30.4 Å². The minimum atomic E-state index is 0.593. The Kier molecular flexibility index (Phi) is 3.99. The molecule has 4 heteroatoms. The van der Waals surface area contributed by atoms with Crippen molar-refractivity contribution >= 4 is 15.9 Å². The van der Waals surface area contributed by atoms with Gasteiger partial charge < -0.3 is 14.8 Å². The van der Waals surface area contributed by atoms with Crippen LogP contribution < -0.4 is 14.8 Å². The summed E-state index contributed by atoms with van der Waals surface area (Å²) >= 11 is 3.76. The standard InChI is InChI=1S/C15H20BrNO2/c1-18-13-9-10(8-11-4-2-3-6-17-11)14(16)12-5-7-19-15(12)13/h9,11,17H,2-8H2,1H3. The van der Waals surface area contributed by atoms with Gasteiger partial charge in [0.25, 0.3) is 0 Å². The normalized spacial score (nSPS) is 21.9. The van der Waals surface area contributed by atoms with Gasteiger partial charge >= 0.3 is 0 Å². The minimum Gasteiger partial charge on any atom is -0.493 e. The van der Waals surface area contributed by atoms with Gasteiger partial charge in [-0.15, -0.1) is 0 Å². The molecule has 1 N–H and O–H groups in total. The Labute approximate surface area is 122 Å². The summed E-state index contributed by atoms with van der Waals surface area (Å²) in [5.74, 6) is 1.80. The van der Waals surface area contributed by atoms with Crippen molar-refractivity contribution in [2.24, 2.45) is 0 Å². The van der Waals surface area contributed by atoms with E-state index in [9.17, 15) is 0 Å². The molecule has 0 amide bonds. The molecule has 0 aromatic heterocycles. The molecule has 0 spiro atoms. The topological polar surface area (TPSA) is 30.5 Å². The van der Waals surface area contributed by atoms with E-state index in [2.05, 4.69) is 27.3 Å². The molecule has 1 aromatic carbocycles. The van der Waals surface area contributed by atoms with Crippen LogP contribution in [0.15, 0.2) is 10.5 Å². The van der Waals surface area contributed by atoms with Gasteiger partial charge in [0, 0.05) is 22.5 Å². The van der Waals surface area contributed by atoms with Crippen molar-refractivity contribution in [3.8, 4) is 11.5 Å². The lowest BCUT2D eigenvalue weighted by atomic mass is 9.96. The minimum absolute atomic E-state index is 0.593. The largest absolute Gasteiger partial charge is 0.493 e. The molecule has 2 aliphatic heterocycles. The number of piperidine rings is 1. The van der Waals surface area contributed by atoms with Gasteiger partial charge in [-0.3, -0.25) is 0 Å². The summed E-state index contributed by atoms with van der Waals surface area (Å²) in [4.78, 5) is 0. The lowest BCUT2D eigenvalue weighted by Crippen LogP contribution is -2.35. The van der Waals surface area contributed by atoms with Gasteiger partial charge in [-0.2, -0.15) is 0 Å². The fourth-order valence-electron chi connectivity index (χ4n) is 3.03. The Morgan fingerprint density at radius 3 is 3.11 bits per heavy atom. The van der Waals surface area contributed by atoms with Crippen LogP contribution >= 0.6 is 15.9 Å². The van der Waals surface area contributed by atoms with E-state index < -0.39 is 0 Å². The van der Waals surface area contributed by atoms with Gasteiger partial charge in [0.2, 0.25) is 0 Å². The Hall–Kier alpha value is -0.740. The number of nitrogens with one attached hydrogen (secondary N) is 1. The number of hydrogen-bond donors (Lipinski definition) is 1. The first-order chi connectivity index (χ1) is 9.29. The van der Waals surface area contributed by atoms with E-state index in [1.54, 1.807) is 7.11 Å². The molecule has 104 valence electrons. The highest BCUT2D eigenvalue weighted by Gasteiger charge is 2.24. The summed E-state index contributed by atoms with van der Waals surface area (Å²) in [6, 6.07) is 2.72. The second-order valence-electron chi connectivity index (χ2n) is 5.31. The summed E-state index contributed by atoms with van der Waals surface area (Å²) in [6.45, 7) is 1.91. The number of hydrogen-bond acceptors (Lipinski definition) is 3. The maximum absolute atomic E-state index is 5.68. The number of benzene rings is 1. The Balaban J connectivity index is 1.88. The highest BCUT2D eigenvalue weighted by molar-refractivity contribution is 9.10. The lowest BCUT2D eigenvalue weighted by Gasteiger charge is -2.24. The predicted octanol–water partition coefficient (Wildman–Crippen LogP) is 3.08. The summed E-state index contributed by atoms with van der Waals surface area (Å²) in [7, 11) is 1.72. The molecular weight excluding hydrogens is 306 g/mol. The molecule has 1 aromatic rings. The van der Waals surface area contributed by atoms with Crippen molar-refractivity contribution in [1.82, 2.24) is 5.32 Å². The molecule has 1 saturated heterocycles. The van der Waals surface area contributed by atoms with Crippen molar-refractivity contribution in [2.45, 2.75) is 38.1 Å². The second-order valence-corrected chi connectivity index (χ2v) is 6.10. The summed E-state index contributed by atoms with van der Waals surface area (Å²) < 4.78 is 12.4. The van der Waals surface area contributed by atoms with Gasteiger partial charge in [0.1, 0.15) is 0 Å². The number of ether oxygens (including phenoxy) is 2. The molecule has 1 fully saturated rings. The van der Waals surface area contributed by atoms with E-state index in [4.69, 9.17) is 9.47 Å². The molecule has 0 radical (unpaired) electrons. The van der Waals surface area contributed by atoms with E-state index in [0.29, 0.717) is 6.04 Å². The molecule has 2 heterocycles. The van der Waals surface area contributed by atoms with Crippen LogP contribution in [0.25, 0.3) is 0 Å². The highest BCUT2D eigenvalue weighted by atomic mass is 79.9. The smallest absolute Gasteiger partial charge is 0.165 e. The van der Waals surface area contributed by atoms with Gasteiger partial charge in [-0.05, 0) is 37.4 Å². The summed E-state index contributed by atoms with van der Waals surface area (Å²) in [5.41, 5.74) is 2.60. The van der Waals surface area contributed by atoms with E-state index in [-0.39, 0.29) is 0 Å². The van der Waals surface area contributed by atoms with E-state index in [0.717, 1.165) is 37.5 Å². The van der Waals surface area contributed by atoms with Crippen LogP contribution in [0.5, 0.6) is 11.5 Å². The molecule has 1 unspecified atom stereocenters. The van der Waals surface area contributed by atoms with Gasteiger partial charge in [0.15, 0.2) is 11.5 Å². The Morgan fingerprint density at radius 2 is 2.37 bits per heavy atom. The average molecular weight is 326 g/mol. The van der Waals surface area contributed by atoms with Crippen LogP contribution in [0.2, 0.25) is 0 Å². The first-order valence-corrected chi connectivity index (χ1v) is 7.83. The fourth-order valence-corrected chi connectivity index (χ4v) is 3.68. The van der Waals surface area contributed by atoms with E-state index in [1.807, 2.05) is 0 Å². The lowest BCUT2D eigenvalue weighted by molar-refractivity contribution is 0.325. The van der Waals surface area contributed by atoms with Crippen molar-refractivity contribution in [2.75, 3.05) is 20.3 Å². The van der Waals surface area contributed by atoms with Crippen molar-refractivity contribution in [3.63, 3.8) is 0 Å². The third-order valence-electron chi connectivity index (χ3n) is 4.05. The van der Waals surface area contributed by atoms with Crippen LogP contribution in [0.3, 0.4) is 0 Å². The van der Waals surface area contributed by atoms with Crippen LogP contribution in [-0.2, 0) is 12.8 Å². The molecule has 3 rings (SSSR count). The monoisotopic (exact) mass is 325 g/mol. The van der Waals surface area contributed by atoms with E-state index >= 15 is 0 Å². The zero-order valence-corrected chi connectivity index (χ0v) is 12.9. The summed E-state index contributed by atoms with van der Waals surface area (Å²) in [6.07, 6.45) is 5.93. The number of fused-ring (bicyclic) bond motifs is 1. The van der Waals surface area contributed by atoms with E-state index in [1.165, 1.54) is 34.9 Å². The first-order valence-electron chi connectivity index (χ1n) is 7.04. The zero-order chi connectivity index (χ0) is 13.2. The van der Waals surface area contributed by atoms with Gasteiger partial charge in [0.05, 0.1) is 13.7 Å². The number of rotatable bonds is 3. The van der Waals surface area contributed by atoms with Crippen molar-refractivity contribution in [3.05, 3.63) is 21.7 Å². The van der Waals surface area contributed by atoms with Crippen molar-refractivity contribution < 1.29 is 9.47 Å². The predicted molar refractivity (Wildman–Crippen MR) is 79.2 cm³/mol. The zero-order valence-electron chi connectivity index (χ0n) is 11.3. The van der Waals surface area contributed by atoms with Crippen LogP contribution in [-0.4, -0.2) is 26.3 Å². The first kappa shape index (κ1) is 13.3. The number of halogens is 1. The molecule has 2 aliphatic rings. The Morgan fingerprint density at radius 1 is 1.47 bits per heavy atom. The molecule has 0 aliphatic carbocycles. The molecule has 0 saturated carbocycles. The highest BCUT2D eigenvalue weighted by Crippen LogP contribution is 2.42. The maximum Gasteiger partial charge on any atom is 0.165 e. The maximum atomic E-state index is 5.68. The van der Waals surface area contributed by atoms with Crippen LogP contribution in [0.4, 0.5) is 0 Å². The number of methoxy groups -OCH3 is 1. The molecule has 1 atom stereocenters. The third-order valence-corrected chi connectivity index (χ3v) is 5.04. The second kappa shape index (κ2) is 5.71. The summed E-state index contributed by atoms with van der Waals surface area (Å²) in [5, 5.41) is 3.61. The van der Waals surface area contributed by atoms with Gasteiger partial charge in [-0.25, -0.2) is 0 Å². The third kappa shape index (κ3) is 2.61. The van der Waals surface area contributed by atoms with Gasteiger partial charge in [-0.1, -0.05) is 22.4 Å². The molecule has 0 bridgehead atoms. The fraction of sp³-hybridized carbons (Fsp3) is 0.600. The quantitative estimate of drug-likeness (QED) is 0.926. The SMILES string of the molecule is COc1cc(CC2CCCCN2)c(Br)c2c1OCC2. The molecular formula is C15H20BrNO2. The molecule has 3 nitrogen and oxygen atoms in total. The van der Waals surface area contributed by atoms with Crippen LogP contribution in [0, 0.1) is 0 Å². The molecule has 19 heavy (non-hydrogen) atoms. The van der Waals surface area contributed by atoms with Crippen molar-refractivity contribution in [1.29, 1.82) is 0 Å².